The summed E-state index contributed by atoms with van der Waals surface area (Å²) in [6.45, 7) is 0. The molecule has 0 aliphatic carbocycles. The SMILES string of the molecule is N#Cc1cc(F)cc(-c2cc([N+](=O)[O-])cc(Cl)n2)c1. The van der Waals surface area contributed by atoms with E-state index in [-0.39, 0.29) is 27.7 Å². The molecule has 0 N–H and O–H groups in total. The van der Waals surface area contributed by atoms with Gasteiger partial charge in [-0.2, -0.15) is 5.26 Å². The van der Waals surface area contributed by atoms with Gasteiger partial charge in [-0.1, -0.05) is 11.6 Å². The van der Waals surface area contributed by atoms with Crippen LogP contribution in [0.2, 0.25) is 5.15 Å². The van der Waals surface area contributed by atoms with Crippen LogP contribution in [0.25, 0.3) is 11.3 Å². The number of aromatic nitrogens is 1. The van der Waals surface area contributed by atoms with Crippen molar-refractivity contribution in [3.63, 3.8) is 0 Å². The van der Waals surface area contributed by atoms with Crippen LogP contribution in [-0.2, 0) is 0 Å². The fraction of sp³-hybridized carbons (Fsp3) is 0. The van der Waals surface area contributed by atoms with Crippen molar-refractivity contribution in [3.8, 4) is 17.3 Å². The molecule has 94 valence electrons. The smallest absolute Gasteiger partial charge is 0.258 e. The molecule has 5 nitrogen and oxygen atoms in total. The molecule has 0 saturated heterocycles. The Morgan fingerprint density at radius 2 is 2.05 bits per heavy atom. The molecule has 2 aromatic rings. The molecule has 0 aliphatic heterocycles. The zero-order valence-corrected chi connectivity index (χ0v) is 10.1. The third-order valence-corrected chi connectivity index (χ3v) is 2.51. The standard InChI is InChI=1S/C12H5ClFN3O2/c13-12-5-10(17(18)19)4-11(16-12)8-1-7(6-15)2-9(14)3-8/h1-5H. The Hall–Kier alpha value is -2.52. The molecule has 2 rings (SSSR count). The average Bonchev–Trinajstić information content (AvgIpc) is 2.37. The third kappa shape index (κ3) is 2.84. The first-order valence-electron chi connectivity index (χ1n) is 5.02. The second-order valence-corrected chi connectivity index (χ2v) is 4.02. The van der Waals surface area contributed by atoms with Crippen LogP contribution in [0.4, 0.5) is 10.1 Å². The second kappa shape index (κ2) is 5.00. The van der Waals surface area contributed by atoms with Crippen molar-refractivity contribution in [2.75, 3.05) is 0 Å². The van der Waals surface area contributed by atoms with Gasteiger partial charge in [-0.25, -0.2) is 9.37 Å². The summed E-state index contributed by atoms with van der Waals surface area (Å²) >= 11 is 5.68. The molecule has 0 amide bonds. The minimum Gasteiger partial charge on any atom is -0.258 e. The quantitative estimate of drug-likeness (QED) is 0.479. The number of hydrogen-bond donors (Lipinski definition) is 0. The highest BCUT2D eigenvalue weighted by Crippen LogP contribution is 2.26. The summed E-state index contributed by atoms with van der Waals surface area (Å²) in [5.41, 5.74) is 0.231. The minimum atomic E-state index is -0.626. The van der Waals surface area contributed by atoms with E-state index in [0.717, 1.165) is 18.2 Å². The number of nitro groups is 1. The highest BCUT2D eigenvalue weighted by Gasteiger charge is 2.12. The molecule has 1 aromatic heterocycles. The molecular weight excluding hydrogens is 273 g/mol. The number of halogens is 2. The van der Waals surface area contributed by atoms with Crippen molar-refractivity contribution in [2.45, 2.75) is 0 Å². The second-order valence-electron chi connectivity index (χ2n) is 3.63. The Kier molecular flexibility index (Phi) is 3.40. The van der Waals surface area contributed by atoms with Crippen molar-refractivity contribution in [2.24, 2.45) is 0 Å². The molecule has 19 heavy (non-hydrogen) atoms. The van der Waals surface area contributed by atoms with Gasteiger partial charge >= 0.3 is 0 Å². The Bertz CT molecular complexity index is 713. The Morgan fingerprint density at radius 1 is 1.32 bits per heavy atom. The van der Waals surface area contributed by atoms with Crippen molar-refractivity contribution < 1.29 is 9.31 Å². The number of nitriles is 1. The van der Waals surface area contributed by atoms with Gasteiger partial charge in [0, 0.05) is 11.6 Å². The van der Waals surface area contributed by atoms with E-state index in [1.54, 1.807) is 6.07 Å². The Balaban J connectivity index is 2.62. The van der Waals surface area contributed by atoms with Crippen LogP contribution >= 0.6 is 11.6 Å². The summed E-state index contributed by atoms with van der Waals surface area (Å²) < 4.78 is 13.3. The highest BCUT2D eigenvalue weighted by atomic mass is 35.5. The Labute approximate surface area is 112 Å². The van der Waals surface area contributed by atoms with E-state index in [1.807, 2.05) is 0 Å². The van der Waals surface area contributed by atoms with Crippen LogP contribution < -0.4 is 0 Å². The summed E-state index contributed by atoms with van der Waals surface area (Å²) in [5.74, 6) is -0.626. The van der Waals surface area contributed by atoms with Gasteiger partial charge in [-0.05, 0) is 18.2 Å². The van der Waals surface area contributed by atoms with E-state index in [1.165, 1.54) is 12.1 Å². The van der Waals surface area contributed by atoms with Crippen LogP contribution in [0.5, 0.6) is 0 Å². The lowest BCUT2D eigenvalue weighted by Gasteiger charge is -2.03. The fourth-order valence-electron chi connectivity index (χ4n) is 1.54. The van der Waals surface area contributed by atoms with Crippen LogP contribution in [0.3, 0.4) is 0 Å². The van der Waals surface area contributed by atoms with Crippen LogP contribution in [-0.4, -0.2) is 9.91 Å². The molecule has 0 atom stereocenters. The number of nitrogens with zero attached hydrogens (tertiary/aromatic N) is 3. The normalized spacial score (nSPS) is 9.95. The molecule has 0 bridgehead atoms. The topological polar surface area (TPSA) is 79.8 Å². The van der Waals surface area contributed by atoms with Crippen molar-refractivity contribution in [1.29, 1.82) is 5.26 Å². The van der Waals surface area contributed by atoms with E-state index in [9.17, 15) is 14.5 Å². The molecular formula is C12H5ClFN3O2. The van der Waals surface area contributed by atoms with Gasteiger partial charge < -0.3 is 0 Å². The largest absolute Gasteiger partial charge is 0.274 e. The predicted molar refractivity (Wildman–Crippen MR) is 66.0 cm³/mol. The predicted octanol–water partition coefficient (Wildman–Crippen LogP) is 3.32. The zero-order chi connectivity index (χ0) is 14.0. The summed E-state index contributed by atoms with van der Waals surface area (Å²) in [5, 5.41) is 19.4. The molecule has 0 aliphatic rings. The van der Waals surface area contributed by atoms with Crippen LogP contribution in [0.15, 0.2) is 30.3 Å². The number of pyridine rings is 1. The molecule has 1 aromatic carbocycles. The number of rotatable bonds is 2. The monoisotopic (exact) mass is 277 g/mol. The first-order chi connectivity index (χ1) is 8.99. The van der Waals surface area contributed by atoms with Gasteiger partial charge in [0.1, 0.15) is 11.0 Å². The zero-order valence-electron chi connectivity index (χ0n) is 9.30. The van der Waals surface area contributed by atoms with E-state index in [4.69, 9.17) is 16.9 Å². The minimum absolute atomic E-state index is 0.0769. The molecule has 1 heterocycles. The van der Waals surface area contributed by atoms with Crippen LogP contribution in [0, 0.1) is 27.3 Å². The highest BCUT2D eigenvalue weighted by molar-refractivity contribution is 6.29. The maximum atomic E-state index is 13.3. The first kappa shape index (κ1) is 12.9. The molecule has 0 saturated carbocycles. The lowest BCUT2D eigenvalue weighted by molar-refractivity contribution is -0.384. The van der Waals surface area contributed by atoms with E-state index in [2.05, 4.69) is 4.98 Å². The summed E-state index contributed by atoms with van der Waals surface area (Å²) in [6.07, 6.45) is 0. The maximum absolute atomic E-state index is 13.3. The molecule has 0 fully saturated rings. The van der Waals surface area contributed by atoms with Gasteiger partial charge in [-0.3, -0.25) is 10.1 Å². The molecule has 7 heteroatoms. The van der Waals surface area contributed by atoms with E-state index < -0.39 is 10.7 Å². The molecule has 0 radical (unpaired) electrons. The summed E-state index contributed by atoms with van der Waals surface area (Å²) in [4.78, 5) is 14.0. The lowest BCUT2D eigenvalue weighted by atomic mass is 10.1. The maximum Gasteiger partial charge on any atom is 0.274 e. The van der Waals surface area contributed by atoms with Gasteiger partial charge in [0.15, 0.2) is 0 Å². The lowest BCUT2D eigenvalue weighted by Crippen LogP contribution is -1.93. The number of benzene rings is 1. The van der Waals surface area contributed by atoms with Gasteiger partial charge in [0.2, 0.25) is 0 Å². The third-order valence-electron chi connectivity index (χ3n) is 2.31. The first-order valence-corrected chi connectivity index (χ1v) is 5.40. The van der Waals surface area contributed by atoms with Gasteiger partial charge in [0.05, 0.1) is 28.3 Å². The summed E-state index contributed by atoms with van der Waals surface area (Å²) in [6, 6.07) is 7.62. The van der Waals surface area contributed by atoms with E-state index in [0.29, 0.717) is 0 Å². The van der Waals surface area contributed by atoms with Crippen molar-refractivity contribution in [1.82, 2.24) is 4.98 Å². The Morgan fingerprint density at radius 3 is 2.68 bits per heavy atom. The van der Waals surface area contributed by atoms with Crippen LogP contribution in [0.1, 0.15) is 5.56 Å². The van der Waals surface area contributed by atoms with E-state index >= 15 is 0 Å². The summed E-state index contributed by atoms with van der Waals surface area (Å²) in [7, 11) is 0. The van der Waals surface area contributed by atoms with Crippen molar-refractivity contribution >= 4 is 17.3 Å². The molecule has 0 spiro atoms. The van der Waals surface area contributed by atoms with Crippen molar-refractivity contribution in [3.05, 3.63) is 57.0 Å². The van der Waals surface area contributed by atoms with Gasteiger partial charge in [-0.15, -0.1) is 0 Å². The fourth-order valence-corrected chi connectivity index (χ4v) is 1.74. The molecule has 0 unspecified atom stereocenters. The number of hydrogen-bond acceptors (Lipinski definition) is 4. The average molecular weight is 278 g/mol. The van der Waals surface area contributed by atoms with Gasteiger partial charge in [0.25, 0.3) is 5.69 Å².